The van der Waals surface area contributed by atoms with E-state index in [1.807, 2.05) is 11.3 Å². The predicted molar refractivity (Wildman–Crippen MR) is 91.8 cm³/mol. The molecule has 1 fully saturated rings. The molecular weight excluding hydrogens is 330 g/mol. The lowest BCUT2D eigenvalue weighted by Gasteiger charge is -2.24. The Bertz CT molecular complexity index is 510. The first-order valence-corrected chi connectivity index (χ1v) is 9.54. The van der Waals surface area contributed by atoms with Crippen molar-refractivity contribution in [2.24, 2.45) is 5.92 Å². The molecule has 1 nitrogen and oxygen atoms in total. The van der Waals surface area contributed by atoms with E-state index in [0.29, 0.717) is 4.83 Å². The molecule has 1 aliphatic rings. The van der Waals surface area contributed by atoms with Gasteiger partial charge in [-0.1, -0.05) is 60.2 Å². The Morgan fingerprint density at radius 2 is 1.80 bits per heavy atom. The molecule has 2 aromatic rings. The third kappa shape index (κ3) is 3.62. The molecular formula is C17H22BrNS. The molecule has 0 radical (unpaired) electrons. The summed E-state index contributed by atoms with van der Waals surface area (Å²) in [5.41, 5.74) is 1.16. The largest absolute Gasteiger partial charge is 0.241 e. The van der Waals surface area contributed by atoms with Crippen molar-refractivity contribution in [1.82, 2.24) is 4.98 Å². The van der Waals surface area contributed by atoms with Crippen LogP contribution in [0.25, 0.3) is 10.2 Å². The number of halogens is 1. The second-order valence-corrected chi connectivity index (χ2v) is 8.19. The van der Waals surface area contributed by atoms with E-state index in [4.69, 9.17) is 4.98 Å². The molecule has 1 saturated carbocycles. The number of alkyl halides is 1. The van der Waals surface area contributed by atoms with Crippen molar-refractivity contribution >= 4 is 37.5 Å². The van der Waals surface area contributed by atoms with Crippen LogP contribution in [0.4, 0.5) is 0 Å². The summed E-state index contributed by atoms with van der Waals surface area (Å²) < 4.78 is 1.32. The molecule has 1 aliphatic carbocycles. The van der Waals surface area contributed by atoms with Crippen LogP contribution in [-0.2, 0) is 6.42 Å². The van der Waals surface area contributed by atoms with Gasteiger partial charge in [0.2, 0.25) is 0 Å². The zero-order chi connectivity index (χ0) is 13.8. The Kier molecular flexibility index (Phi) is 5.11. The molecule has 0 bridgehead atoms. The number of fused-ring (bicyclic) bond motifs is 1. The summed E-state index contributed by atoms with van der Waals surface area (Å²) in [5.74, 6) is 0.835. The van der Waals surface area contributed by atoms with E-state index >= 15 is 0 Å². The molecule has 20 heavy (non-hydrogen) atoms. The fourth-order valence-corrected chi connectivity index (χ4v) is 5.27. The molecule has 1 heterocycles. The molecule has 3 rings (SSSR count). The molecule has 0 aliphatic heterocycles. The van der Waals surface area contributed by atoms with Gasteiger partial charge in [-0.3, -0.25) is 0 Å². The molecule has 0 saturated heterocycles. The van der Waals surface area contributed by atoms with E-state index in [1.54, 1.807) is 0 Å². The number of benzene rings is 1. The van der Waals surface area contributed by atoms with Crippen molar-refractivity contribution in [1.29, 1.82) is 0 Å². The summed E-state index contributed by atoms with van der Waals surface area (Å²) >= 11 is 5.82. The van der Waals surface area contributed by atoms with Gasteiger partial charge in [-0.2, -0.15) is 0 Å². The first-order chi connectivity index (χ1) is 9.83. The standard InChI is InChI=1S/C17H22BrNS/c18-14(13-8-4-2-1-3-5-9-13)12-17-19-15-10-6-7-11-16(15)20-17/h6-7,10-11,13-14H,1-5,8-9,12H2. The molecule has 3 heteroatoms. The molecule has 1 atom stereocenters. The van der Waals surface area contributed by atoms with Gasteiger partial charge in [0.15, 0.2) is 0 Å². The Morgan fingerprint density at radius 3 is 2.55 bits per heavy atom. The SMILES string of the molecule is BrC(Cc1nc2ccccc2s1)C1CCCCCCC1. The van der Waals surface area contributed by atoms with Crippen molar-refractivity contribution < 1.29 is 0 Å². The number of hydrogen-bond donors (Lipinski definition) is 0. The van der Waals surface area contributed by atoms with Gasteiger partial charge in [0.05, 0.1) is 15.2 Å². The molecule has 1 aromatic heterocycles. The Labute approximate surface area is 133 Å². The van der Waals surface area contributed by atoms with Crippen molar-refractivity contribution in [2.75, 3.05) is 0 Å². The Hall–Kier alpha value is -0.410. The first-order valence-electron chi connectivity index (χ1n) is 7.81. The minimum absolute atomic E-state index is 0.598. The first kappa shape index (κ1) is 14.5. The summed E-state index contributed by atoms with van der Waals surface area (Å²) in [4.78, 5) is 5.38. The van der Waals surface area contributed by atoms with E-state index in [1.165, 1.54) is 54.7 Å². The average Bonchev–Trinajstić information content (AvgIpc) is 2.80. The van der Waals surface area contributed by atoms with Crippen molar-refractivity contribution in [2.45, 2.75) is 56.2 Å². The minimum Gasteiger partial charge on any atom is -0.241 e. The average molecular weight is 352 g/mol. The lowest BCUT2D eigenvalue weighted by atomic mass is 9.88. The fourth-order valence-electron chi connectivity index (χ4n) is 3.19. The maximum atomic E-state index is 4.78. The Balaban J connectivity index is 1.66. The van der Waals surface area contributed by atoms with E-state index in [-0.39, 0.29) is 0 Å². The molecule has 0 N–H and O–H groups in total. The highest BCUT2D eigenvalue weighted by Crippen LogP contribution is 2.32. The molecule has 108 valence electrons. The number of nitrogens with zero attached hydrogens (tertiary/aromatic N) is 1. The van der Waals surface area contributed by atoms with Crippen LogP contribution < -0.4 is 0 Å². The van der Waals surface area contributed by atoms with Crippen LogP contribution in [0.3, 0.4) is 0 Å². The smallest absolute Gasteiger partial charge is 0.0949 e. The van der Waals surface area contributed by atoms with Crippen LogP contribution in [0.5, 0.6) is 0 Å². The van der Waals surface area contributed by atoms with Gasteiger partial charge in [-0.25, -0.2) is 4.98 Å². The van der Waals surface area contributed by atoms with Crippen molar-refractivity contribution in [3.8, 4) is 0 Å². The summed E-state index contributed by atoms with van der Waals surface area (Å²) in [6.45, 7) is 0. The van der Waals surface area contributed by atoms with Crippen molar-refractivity contribution in [3.63, 3.8) is 0 Å². The summed E-state index contributed by atoms with van der Waals surface area (Å²) in [7, 11) is 0. The zero-order valence-electron chi connectivity index (χ0n) is 11.9. The van der Waals surface area contributed by atoms with Gasteiger partial charge >= 0.3 is 0 Å². The van der Waals surface area contributed by atoms with E-state index in [2.05, 4.69) is 40.2 Å². The van der Waals surface area contributed by atoms with E-state index in [0.717, 1.165) is 17.9 Å². The highest BCUT2D eigenvalue weighted by molar-refractivity contribution is 9.09. The monoisotopic (exact) mass is 351 g/mol. The quantitative estimate of drug-likeness (QED) is 0.621. The number of aromatic nitrogens is 1. The summed E-state index contributed by atoms with van der Waals surface area (Å²) in [6.07, 6.45) is 11.0. The maximum absolute atomic E-state index is 4.78. The topological polar surface area (TPSA) is 12.9 Å². The van der Waals surface area contributed by atoms with Crippen molar-refractivity contribution in [3.05, 3.63) is 29.3 Å². The lowest BCUT2D eigenvalue weighted by Crippen LogP contribution is -2.18. The normalized spacial score (nSPS) is 19.6. The lowest BCUT2D eigenvalue weighted by molar-refractivity contribution is 0.370. The second kappa shape index (κ2) is 7.04. The molecule has 0 spiro atoms. The second-order valence-electron chi connectivity index (χ2n) is 5.90. The molecule has 1 aromatic carbocycles. The minimum atomic E-state index is 0.598. The van der Waals surface area contributed by atoms with Crippen LogP contribution in [0.1, 0.15) is 50.0 Å². The summed E-state index contributed by atoms with van der Waals surface area (Å²) in [6, 6.07) is 8.47. The van der Waals surface area contributed by atoms with Crippen LogP contribution in [0.2, 0.25) is 0 Å². The third-order valence-electron chi connectivity index (χ3n) is 4.37. The molecule has 1 unspecified atom stereocenters. The highest BCUT2D eigenvalue weighted by Gasteiger charge is 2.21. The van der Waals surface area contributed by atoms with Gasteiger partial charge in [-0.15, -0.1) is 11.3 Å². The van der Waals surface area contributed by atoms with Crippen LogP contribution in [-0.4, -0.2) is 9.81 Å². The van der Waals surface area contributed by atoms with E-state index in [9.17, 15) is 0 Å². The van der Waals surface area contributed by atoms with Gasteiger partial charge in [-0.05, 0) is 30.9 Å². The fraction of sp³-hybridized carbons (Fsp3) is 0.588. The number of rotatable bonds is 3. The van der Waals surface area contributed by atoms with Gasteiger partial charge in [0.1, 0.15) is 0 Å². The van der Waals surface area contributed by atoms with Crippen LogP contribution in [0, 0.1) is 5.92 Å². The number of hydrogen-bond acceptors (Lipinski definition) is 2. The van der Waals surface area contributed by atoms with Gasteiger partial charge < -0.3 is 0 Å². The van der Waals surface area contributed by atoms with Gasteiger partial charge in [0, 0.05) is 11.2 Å². The zero-order valence-corrected chi connectivity index (χ0v) is 14.3. The summed E-state index contributed by atoms with van der Waals surface area (Å²) in [5, 5.41) is 1.29. The third-order valence-corrected chi connectivity index (χ3v) is 6.50. The predicted octanol–water partition coefficient (Wildman–Crippen LogP) is 5.96. The van der Waals surface area contributed by atoms with Crippen LogP contribution >= 0.6 is 27.3 Å². The Morgan fingerprint density at radius 1 is 1.10 bits per heavy atom. The number of thiazole rings is 1. The maximum Gasteiger partial charge on any atom is 0.0949 e. The number of para-hydroxylation sites is 1. The van der Waals surface area contributed by atoms with Crippen LogP contribution in [0.15, 0.2) is 24.3 Å². The van der Waals surface area contributed by atoms with E-state index < -0.39 is 0 Å². The van der Waals surface area contributed by atoms with Gasteiger partial charge in [0.25, 0.3) is 0 Å². The molecule has 0 amide bonds. The highest BCUT2D eigenvalue weighted by atomic mass is 79.9.